The first-order chi connectivity index (χ1) is 8.19. The molecule has 0 saturated carbocycles. The Kier molecular flexibility index (Phi) is 3.23. The molecule has 17 heavy (non-hydrogen) atoms. The molecule has 0 fully saturated rings. The number of benzene rings is 1. The van der Waals surface area contributed by atoms with Crippen molar-refractivity contribution < 1.29 is 4.74 Å². The molecule has 0 bridgehead atoms. The first-order valence-corrected chi connectivity index (χ1v) is 5.37. The van der Waals surface area contributed by atoms with Crippen molar-refractivity contribution >= 4 is 0 Å². The number of aryl methyl sites for hydroxylation is 1. The second-order valence-electron chi connectivity index (χ2n) is 3.89. The van der Waals surface area contributed by atoms with Gasteiger partial charge in [-0.2, -0.15) is 5.10 Å². The summed E-state index contributed by atoms with van der Waals surface area (Å²) in [6.45, 7) is 1.85. The third kappa shape index (κ3) is 2.72. The number of rotatable bonds is 3. The van der Waals surface area contributed by atoms with Gasteiger partial charge >= 0.3 is 0 Å². The van der Waals surface area contributed by atoms with E-state index in [0.717, 1.165) is 17.0 Å². The van der Waals surface area contributed by atoms with Crippen LogP contribution in [0.2, 0.25) is 0 Å². The van der Waals surface area contributed by atoms with Crippen LogP contribution >= 0.6 is 0 Å². The third-order valence-electron chi connectivity index (χ3n) is 2.54. The summed E-state index contributed by atoms with van der Waals surface area (Å²) in [5.74, 6) is 0.796. The van der Waals surface area contributed by atoms with E-state index in [2.05, 4.69) is 10.2 Å². The molecule has 0 aliphatic carbocycles. The summed E-state index contributed by atoms with van der Waals surface area (Å²) >= 11 is 0. The van der Waals surface area contributed by atoms with E-state index in [-0.39, 0.29) is 5.56 Å². The summed E-state index contributed by atoms with van der Waals surface area (Å²) in [5.41, 5.74) is 2.42. The average Bonchev–Trinajstić information content (AvgIpc) is 2.34. The predicted octanol–water partition coefficient (Wildman–Crippen LogP) is 1.68. The van der Waals surface area contributed by atoms with E-state index in [1.807, 2.05) is 31.2 Å². The normalized spacial score (nSPS) is 10.2. The van der Waals surface area contributed by atoms with Crippen LogP contribution in [0, 0.1) is 6.92 Å². The number of nitrogens with zero attached hydrogens (tertiary/aromatic N) is 1. The lowest BCUT2D eigenvalue weighted by Crippen LogP contribution is -2.15. The van der Waals surface area contributed by atoms with E-state index < -0.39 is 0 Å². The van der Waals surface area contributed by atoms with Crippen LogP contribution in [0.15, 0.2) is 35.1 Å². The zero-order chi connectivity index (χ0) is 12.3. The van der Waals surface area contributed by atoms with E-state index in [4.69, 9.17) is 4.74 Å². The molecular weight excluding hydrogens is 216 g/mol. The molecule has 0 atom stereocenters. The molecule has 1 N–H and O–H groups in total. The van der Waals surface area contributed by atoms with Gasteiger partial charge in [-0.3, -0.25) is 4.79 Å². The molecule has 0 radical (unpaired) electrons. The summed E-state index contributed by atoms with van der Waals surface area (Å²) in [7, 11) is 1.63. The second kappa shape index (κ2) is 4.82. The maximum Gasteiger partial charge on any atom is 0.267 e. The zero-order valence-corrected chi connectivity index (χ0v) is 9.86. The predicted molar refractivity (Wildman–Crippen MR) is 65.4 cm³/mol. The minimum atomic E-state index is -0.140. The molecule has 1 aromatic carbocycles. The lowest BCUT2D eigenvalue weighted by molar-refractivity contribution is 0.414. The van der Waals surface area contributed by atoms with Gasteiger partial charge in [-0.15, -0.1) is 0 Å². The Morgan fingerprint density at radius 1 is 1.35 bits per heavy atom. The van der Waals surface area contributed by atoms with Crippen molar-refractivity contribution in [1.29, 1.82) is 0 Å². The van der Waals surface area contributed by atoms with Crippen LogP contribution < -0.4 is 10.3 Å². The molecule has 2 aromatic rings. The highest BCUT2D eigenvalue weighted by Gasteiger charge is 2.03. The summed E-state index contributed by atoms with van der Waals surface area (Å²) in [4.78, 5) is 11.6. The topological polar surface area (TPSA) is 55.0 Å². The molecule has 4 nitrogen and oxygen atoms in total. The highest BCUT2D eigenvalue weighted by atomic mass is 16.5. The van der Waals surface area contributed by atoms with Crippen molar-refractivity contribution in [3.8, 4) is 5.75 Å². The van der Waals surface area contributed by atoms with Gasteiger partial charge in [0.1, 0.15) is 5.75 Å². The highest BCUT2D eigenvalue weighted by molar-refractivity contribution is 5.32. The van der Waals surface area contributed by atoms with Crippen molar-refractivity contribution in [2.75, 3.05) is 7.11 Å². The van der Waals surface area contributed by atoms with Gasteiger partial charge in [0.2, 0.25) is 0 Å². The molecule has 1 heterocycles. The third-order valence-corrected chi connectivity index (χ3v) is 2.54. The fourth-order valence-electron chi connectivity index (χ4n) is 1.69. The lowest BCUT2D eigenvalue weighted by atomic mass is 10.1. The summed E-state index contributed by atoms with van der Waals surface area (Å²) in [5, 5.41) is 6.33. The molecule has 0 amide bonds. The molecular formula is C13H14N2O2. The monoisotopic (exact) mass is 230 g/mol. The van der Waals surface area contributed by atoms with Crippen LogP contribution in [-0.2, 0) is 6.42 Å². The number of hydrogen-bond acceptors (Lipinski definition) is 3. The van der Waals surface area contributed by atoms with Crippen molar-refractivity contribution in [1.82, 2.24) is 10.2 Å². The number of nitrogens with one attached hydrogen (secondary N) is 1. The van der Waals surface area contributed by atoms with E-state index in [9.17, 15) is 4.79 Å². The minimum absolute atomic E-state index is 0.140. The van der Waals surface area contributed by atoms with Crippen molar-refractivity contribution in [2.45, 2.75) is 13.3 Å². The van der Waals surface area contributed by atoms with Gasteiger partial charge < -0.3 is 4.74 Å². The Hall–Kier alpha value is -2.10. The number of ether oxygens (including phenoxy) is 1. The van der Waals surface area contributed by atoms with Crippen LogP contribution in [0.3, 0.4) is 0 Å². The minimum Gasteiger partial charge on any atom is -0.497 e. The zero-order valence-electron chi connectivity index (χ0n) is 9.86. The van der Waals surface area contributed by atoms with E-state index in [0.29, 0.717) is 12.0 Å². The van der Waals surface area contributed by atoms with E-state index in [1.165, 1.54) is 0 Å². The lowest BCUT2D eigenvalue weighted by Gasteiger charge is -2.04. The molecule has 0 aliphatic rings. The number of hydrogen-bond donors (Lipinski definition) is 1. The Labute approximate surface area is 99.3 Å². The van der Waals surface area contributed by atoms with Gasteiger partial charge in [0, 0.05) is 12.0 Å². The number of methoxy groups -OCH3 is 1. The summed E-state index contributed by atoms with van der Waals surface area (Å²) in [6, 6.07) is 9.49. The quantitative estimate of drug-likeness (QED) is 0.872. The van der Waals surface area contributed by atoms with Crippen LogP contribution in [0.1, 0.15) is 16.8 Å². The van der Waals surface area contributed by atoms with E-state index >= 15 is 0 Å². The van der Waals surface area contributed by atoms with Crippen LogP contribution in [-0.4, -0.2) is 17.3 Å². The molecule has 0 saturated heterocycles. The first-order valence-electron chi connectivity index (χ1n) is 5.37. The molecule has 0 unspecified atom stereocenters. The molecule has 0 aliphatic heterocycles. The van der Waals surface area contributed by atoms with Crippen molar-refractivity contribution in [3.63, 3.8) is 0 Å². The molecule has 0 spiro atoms. The molecule has 1 aromatic heterocycles. The van der Waals surface area contributed by atoms with Crippen LogP contribution in [0.5, 0.6) is 5.75 Å². The Balaban J connectivity index is 2.31. The van der Waals surface area contributed by atoms with Crippen LogP contribution in [0.4, 0.5) is 0 Å². The number of aromatic nitrogens is 2. The maximum absolute atomic E-state index is 11.6. The van der Waals surface area contributed by atoms with Gasteiger partial charge in [0.25, 0.3) is 5.56 Å². The van der Waals surface area contributed by atoms with Gasteiger partial charge in [0.05, 0.1) is 12.8 Å². The Morgan fingerprint density at radius 3 is 2.94 bits per heavy atom. The summed E-state index contributed by atoms with van der Waals surface area (Å²) < 4.78 is 5.15. The fourth-order valence-corrected chi connectivity index (χ4v) is 1.69. The largest absolute Gasteiger partial charge is 0.497 e. The summed E-state index contributed by atoms with van der Waals surface area (Å²) in [6.07, 6.45) is 0.579. The van der Waals surface area contributed by atoms with Crippen LogP contribution in [0.25, 0.3) is 0 Å². The first kappa shape index (κ1) is 11.4. The van der Waals surface area contributed by atoms with E-state index in [1.54, 1.807) is 13.2 Å². The van der Waals surface area contributed by atoms with Crippen molar-refractivity contribution in [3.05, 3.63) is 57.5 Å². The van der Waals surface area contributed by atoms with Gasteiger partial charge in [-0.05, 0) is 30.7 Å². The SMILES string of the molecule is COc1cccc(Cc2cc(C)n[nH]c2=O)c1. The standard InChI is InChI=1S/C13H14N2O2/c1-9-6-11(13(16)15-14-9)7-10-4-3-5-12(8-10)17-2/h3-6,8H,7H2,1-2H3,(H,15,16). The smallest absolute Gasteiger partial charge is 0.267 e. The number of aromatic amines is 1. The van der Waals surface area contributed by atoms with Crippen molar-refractivity contribution in [2.24, 2.45) is 0 Å². The Morgan fingerprint density at radius 2 is 2.18 bits per heavy atom. The molecule has 88 valence electrons. The molecule has 4 heteroatoms. The molecule has 2 rings (SSSR count). The maximum atomic E-state index is 11.6. The van der Waals surface area contributed by atoms with Gasteiger partial charge in [-0.1, -0.05) is 12.1 Å². The fraction of sp³-hybridized carbons (Fsp3) is 0.231. The van der Waals surface area contributed by atoms with Gasteiger partial charge in [-0.25, -0.2) is 5.10 Å². The Bertz CT molecular complexity index is 576. The number of H-pyrrole nitrogens is 1. The average molecular weight is 230 g/mol. The second-order valence-corrected chi connectivity index (χ2v) is 3.89. The highest BCUT2D eigenvalue weighted by Crippen LogP contribution is 2.14. The van der Waals surface area contributed by atoms with Gasteiger partial charge in [0.15, 0.2) is 0 Å².